The normalized spacial score (nSPS) is 30.9. The third-order valence-electron chi connectivity index (χ3n) is 4.31. The predicted octanol–water partition coefficient (Wildman–Crippen LogP) is 1.19. The molecule has 2 amide bonds. The SMILES string of the molecule is O=C(O)CC1CCCN(C(=O)NC2CCCCC2O)C1. The van der Waals surface area contributed by atoms with Crippen molar-refractivity contribution in [3.05, 3.63) is 0 Å². The number of carboxylic acid groups (broad SMARTS) is 1. The van der Waals surface area contributed by atoms with E-state index in [1.54, 1.807) is 4.90 Å². The second-order valence-electron chi connectivity index (χ2n) is 5.96. The maximum atomic E-state index is 12.2. The molecule has 2 rings (SSSR count). The number of hydrogen-bond donors (Lipinski definition) is 3. The zero-order chi connectivity index (χ0) is 14.5. The summed E-state index contributed by atoms with van der Waals surface area (Å²) in [7, 11) is 0. The molecule has 2 aliphatic rings. The second kappa shape index (κ2) is 6.92. The van der Waals surface area contributed by atoms with Crippen molar-refractivity contribution < 1.29 is 19.8 Å². The maximum absolute atomic E-state index is 12.2. The van der Waals surface area contributed by atoms with Gasteiger partial charge in [-0.05, 0) is 31.6 Å². The zero-order valence-electron chi connectivity index (χ0n) is 11.8. The smallest absolute Gasteiger partial charge is 0.317 e. The highest BCUT2D eigenvalue weighted by molar-refractivity contribution is 5.75. The van der Waals surface area contributed by atoms with Gasteiger partial charge in [0, 0.05) is 19.5 Å². The van der Waals surface area contributed by atoms with E-state index in [1.807, 2.05) is 0 Å². The van der Waals surface area contributed by atoms with E-state index < -0.39 is 12.1 Å². The highest BCUT2D eigenvalue weighted by atomic mass is 16.4. The van der Waals surface area contributed by atoms with Crippen LogP contribution < -0.4 is 5.32 Å². The number of urea groups is 1. The lowest BCUT2D eigenvalue weighted by molar-refractivity contribution is -0.138. The Hall–Kier alpha value is -1.30. The highest BCUT2D eigenvalue weighted by Crippen LogP contribution is 2.21. The van der Waals surface area contributed by atoms with Gasteiger partial charge >= 0.3 is 12.0 Å². The van der Waals surface area contributed by atoms with Gasteiger partial charge in [-0.25, -0.2) is 4.79 Å². The molecule has 1 aliphatic carbocycles. The molecule has 0 aromatic rings. The molecule has 1 heterocycles. The van der Waals surface area contributed by atoms with Crippen molar-refractivity contribution in [2.75, 3.05) is 13.1 Å². The zero-order valence-corrected chi connectivity index (χ0v) is 11.8. The Bertz CT molecular complexity index is 361. The summed E-state index contributed by atoms with van der Waals surface area (Å²) in [6, 6.07) is -0.317. The first-order chi connectivity index (χ1) is 9.56. The van der Waals surface area contributed by atoms with Crippen LogP contribution in [0.3, 0.4) is 0 Å². The standard InChI is InChI=1S/C14H24N2O4/c17-12-6-2-1-5-11(12)15-14(20)16-7-3-4-10(9-16)8-13(18)19/h10-12,17H,1-9H2,(H,15,20)(H,18,19). The van der Waals surface area contributed by atoms with Gasteiger partial charge in [-0.15, -0.1) is 0 Å². The van der Waals surface area contributed by atoms with E-state index >= 15 is 0 Å². The Labute approximate surface area is 119 Å². The Kier molecular flexibility index (Phi) is 5.23. The molecule has 6 nitrogen and oxygen atoms in total. The first kappa shape index (κ1) is 15.1. The number of aliphatic hydroxyl groups excluding tert-OH is 1. The quantitative estimate of drug-likeness (QED) is 0.726. The van der Waals surface area contributed by atoms with E-state index in [-0.39, 0.29) is 24.4 Å². The van der Waals surface area contributed by atoms with Gasteiger partial charge in [-0.1, -0.05) is 12.8 Å². The molecule has 0 aromatic carbocycles. The summed E-state index contributed by atoms with van der Waals surface area (Å²) >= 11 is 0. The van der Waals surface area contributed by atoms with Crippen LogP contribution in [-0.2, 0) is 4.79 Å². The van der Waals surface area contributed by atoms with Crippen molar-refractivity contribution >= 4 is 12.0 Å². The van der Waals surface area contributed by atoms with Crippen LogP contribution in [0.25, 0.3) is 0 Å². The van der Waals surface area contributed by atoms with E-state index in [1.165, 1.54) is 0 Å². The van der Waals surface area contributed by atoms with E-state index in [4.69, 9.17) is 5.11 Å². The minimum atomic E-state index is -0.806. The molecular formula is C14H24N2O4. The Balaban J connectivity index is 1.83. The summed E-state index contributed by atoms with van der Waals surface area (Å²) in [5, 5.41) is 21.6. The van der Waals surface area contributed by atoms with E-state index in [9.17, 15) is 14.7 Å². The second-order valence-corrected chi connectivity index (χ2v) is 5.96. The molecule has 1 saturated carbocycles. The van der Waals surface area contributed by atoms with E-state index in [2.05, 4.69) is 5.32 Å². The number of piperidine rings is 1. The van der Waals surface area contributed by atoms with Gasteiger partial charge < -0.3 is 20.4 Å². The summed E-state index contributed by atoms with van der Waals surface area (Å²) in [5.41, 5.74) is 0. The summed E-state index contributed by atoms with van der Waals surface area (Å²) in [4.78, 5) is 24.6. The van der Waals surface area contributed by atoms with Crippen LogP contribution in [-0.4, -0.2) is 52.3 Å². The van der Waals surface area contributed by atoms with E-state index in [0.717, 1.165) is 38.5 Å². The molecule has 0 aromatic heterocycles. The molecule has 0 radical (unpaired) electrons. The number of carbonyl (C=O) groups excluding carboxylic acids is 1. The summed E-state index contributed by atoms with van der Waals surface area (Å²) in [6.07, 6.45) is 4.98. The van der Waals surface area contributed by atoms with Crippen molar-refractivity contribution in [3.63, 3.8) is 0 Å². The van der Waals surface area contributed by atoms with Gasteiger partial charge in [0.2, 0.25) is 0 Å². The Morgan fingerprint density at radius 3 is 2.60 bits per heavy atom. The van der Waals surface area contributed by atoms with Crippen molar-refractivity contribution in [1.29, 1.82) is 0 Å². The number of rotatable bonds is 3. The van der Waals surface area contributed by atoms with Gasteiger partial charge in [-0.3, -0.25) is 4.79 Å². The van der Waals surface area contributed by atoms with Crippen molar-refractivity contribution in [3.8, 4) is 0 Å². The van der Waals surface area contributed by atoms with Crippen LogP contribution in [0.1, 0.15) is 44.9 Å². The number of likely N-dealkylation sites (tertiary alicyclic amines) is 1. The molecule has 20 heavy (non-hydrogen) atoms. The molecule has 2 fully saturated rings. The lowest BCUT2D eigenvalue weighted by Crippen LogP contribution is -2.52. The number of nitrogens with zero attached hydrogens (tertiary/aromatic N) is 1. The molecule has 3 atom stereocenters. The average Bonchev–Trinajstić information content (AvgIpc) is 2.41. The predicted molar refractivity (Wildman–Crippen MR) is 73.3 cm³/mol. The largest absolute Gasteiger partial charge is 0.481 e. The van der Waals surface area contributed by atoms with Gasteiger partial charge in [0.25, 0.3) is 0 Å². The molecule has 3 N–H and O–H groups in total. The number of aliphatic carboxylic acids is 1. The van der Waals surface area contributed by atoms with Crippen molar-refractivity contribution in [2.45, 2.75) is 57.1 Å². The first-order valence-electron chi connectivity index (χ1n) is 7.51. The Morgan fingerprint density at radius 2 is 1.90 bits per heavy atom. The van der Waals surface area contributed by atoms with Crippen LogP contribution >= 0.6 is 0 Å². The third kappa shape index (κ3) is 4.10. The molecular weight excluding hydrogens is 260 g/mol. The van der Waals surface area contributed by atoms with Crippen LogP contribution in [0.15, 0.2) is 0 Å². The molecule has 0 spiro atoms. The number of amides is 2. The number of hydrogen-bond acceptors (Lipinski definition) is 3. The number of aliphatic hydroxyl groups is 1. The maximum Gasteiger partial charge on any atom is 0.317 e. The average molecular weight is 284 g/mol. The molecule has 6 heteroatoms. The molecule has 114 valence electrons. The van der Waals surface area contributed by atoms with Gasteiger partial charge in [-0.2, -0.15) is 0 Å². The van der Waals surface area contributed by atoms with Gasteiger partial charge in [0.1, 0.15) is 0 Å². The first-order valence-corrected chi connectivity index (χ1v) is 7.51. The molecule has 1 aliphatic heterocycles. The molecule has 3 unspecified atom stereocenters. The number of nitrogens with one attached hydrogen (secondary N) is 1. The van der Waals surface area contributed by atoms with Crippen LogP contribution in [0.4, 0.5) is 4.79 Å². The number of carbonyl (C=O) groups is 2. The van der Waals surface area contributed by atoms with Crippen LogP contribution in [0, 0.1) is 5.92 Å². The van der Waals surface area contributed by atoms with Gasteiger partial charge in [0.15, 0.2) is 0 Å². The molecule has 1 saturated heterocycles. The monoisotopic (exact) mass is 284 g/mol. The van der Waals surface area contributed by atoms with Crippen molar-refractivity contribution in [1.82, 2.24) is 10.2 Å². The summed E-state index contributed by atoms with van der Waals surface area (Å²) in [6.45, 7) is 1.17. The topological polar surface area (TPSA) is 89.9 Å². The minimum Gasteiger partial charge on any atom is -0.481 e. The van der Waals surface area contributed by atoms with Crippen molar-refractivity contribution in [2.24, 2.45) is 5.92 Å². The van der Waals surface area contributed by atoms with E-state index in [0.29, 0.717) is 13.1 Å². The fraction of sp³-hybridized carbons (Fsp3) is 0.857. The lowest BCUT2D eigenvalue weighted by atomic mass is 9.92. The Morgan fingerprint density at radius 1 is 1.15 bits per heavy atom. The molecule has 0 bridgehead atoms. The lowest BCUT2D eigenvalue weighted by Gasteiger charge is -2.35. The van der Waals surface area contributed by atoms with Crippen LogP contribution in [0.5, 0.6) is 0 Å². The van der Waals surface area contributed by atoms with Crippen LogP contribution in [0.2, 0.25) is 0 Å². The fourth-order valence-electron chi connectivity index (χ4n) is 3.19. The summed E-state index contributed by atoms with van der Waals surface area (Å²) < 4.78 is 0. The van der Waals surface area contributed by atoms with Gasteiger partial charge in [0.05, 0.1) is 12.1 Å². The summed E-state index contributed by atoms with van der Waals surface area (Å²) in [5.74, 6) is -0.761. The third-order valence-corrected chi connectivity index (χ3v) is 4.31. The highest BCUT2D eigenvalue weighted by Gasteiger charge is 2.29. The fourth-order valence-corrected chi connectivity index (χ4v) is 3.19. The minimum absolute atomic E-state index is 0.0447. The number of carboxylic acids is 1.